The molecule has 0 aliphatic rings. The number of nitrogens with one attached hydrogen (secondary N) is 1. The highest BCUT2D eigenvalue weighted by Crippen LogP contribution is 2.10. The van der Waals surface area contributed by atoms with Crippen LogP contribution in [0.5, 0.6) is 0 Å². The van der Waals surface area contributed by atoms with Crippen molar-refractivity contribution in [1.29, 1.82) is 0 Å². The average Bonchev–Trinajstić information content (AvgIpc) is 2.28. The molecule has 19 heavy (non-hydrogen) atoms. The minimum Gasteiger partial charge on any atom is -0.224 e. The van der Waals surface area contributed by atoms with Gasteiger partial charge < -0.3 is 0 Å². The molecule has 0 aromatic heterocycles. The van der Waals surface area contributed by atoms with Gasteiger partial charge in [0.15, 0.2) is 9.84 Å². The highest BCUT2D eigenvalue weighted by Gasteiger charge is 2.08. The minimum absolute atomic E-state index is 0.125. The van der Waals surface area contributed by atoms with Crippen LogP contribution in [0, 0.1) is 0 Å². The first-order chi connectivity index (χ1) is 8.74. The lowest BCUT2D eigenvalue weighted by Gasteiger charge is -2.06. The van der Waals surface area contributed by atoms with E-state index in [1.54, 1.807) is 12.1 Å². The molecule has 0 saturated heterocycles. The zero-order valence-corrected chi connectivity index (χ0v) is 12.7. The largest absolute Gasteiger partial charge is 0.224 e. The Bertz CT molecular complexity index is 604. The number of sulfone groups is 1. The maximum atomic E-state index is 11.4. The third-order valence-corrected chi connectivity index (χ3v) is 5.28. The Morgan fingerprint density at radius 3 is 2.11 bits per heavy atom. The van der Waals surface area contributed by atoms with Gasteiger partial charge in [-0.2, -0.15) is 0 Å². The van der Waals surface area contributed by atoms with Crippen LogP contribution in [-0.2, 0) is 26.3 Å². The molecule has 1 N–H and O–H groups in total. The molecule has 0 aliphatic heterocycles. The second-order valence-electron chi connectivity index (χ2n) is 4.38. The first kappa shape index (κ1) is 16.1. The van der Waals surface area contributed by atoms with Crippen molar-refractivity contribution < 1.29 is 16.8 Å². The third-order valence-electron chi connectivity index (χ3n) is 2.56. The highest BCUT2D eigenvalue weighted by molar-refractivity contribution is 7.90. The topological polar surface area (TPSA) is 80.3 Å². The quantitative estimate of drug-likeness (QED) is 0.813. The van der Waals surface area contributed by atoms with E-state index in [9.17, 15) is 16.8 Å². The minimum atomic E-state index is -3.18. The molecule has 0 bridgehead atoms. The predicted molar refractivity (Wildman–Crippen MR) is 75.3 cm³/mol. The molecule has 0 saturated carbocycles. The van der Waals surface area contributed by atoms with Gasteiger partial charge in [-0.1, -0.05) is 19.1 Å². The molecule has 0 amide bonds. The highest BCUT2D eigenvalue weighted by atomic mass is 32.2. The maximum absolute atomic E-state index is 11.4. The van der Waals surface area contributed by atoms with Gasteiger partial charge in [-0.05, 0) is 30.5 Å². The Hall–Kier alpha value is -0.920. The van der Waals surface area contributed by atoms with Gasteiger partial charge in [-0.25, -0.2) is 21.6 Å². The number of hydrogen-bond acceptors (Lipinski definition) is 4. The Balaban J connectivity index is 2.56. The van der Waals surface area contributed by atoms with Crippen LogP contribution >= 0.6 is 0 Å². The van der Waals surface area contributed by atoms with Crippen LogP contribution in [-0.4, -0.2) is 35.4 Å². The summed E-state index contributed by atoms with van der Waals surface area (Å²) in [7, 11) is -6.36. The summed E-state index contributed by atoms with van der Waals surface area (Å²) in [6, 6.07) is 6.46. The molecule has 0 heterocycles. The molecule has 5 nitrogen and oxygen atoms in total. The molecule has 0 aliphatic carbocycles. The van der Waals surface area contributed by atoms with Crippen molar-refractivity contribution in [2.45, 2.75) is 24.7 Å². The summed E-state index contributed by atoms with van der Waals surface area (Å²) in [5, 5.41) is 0. The van der Waals surface area contributed by atoms with Crippen LogP contribution in [0.2, 0.25) is 0 Å². The monoisotopic (exact) mass is 305 g/mol. The fourth-order valence-corrected chi connectivity index (χ4v) is 3.32. The van der Waals surface area contributed by atoms with Crippen LogP contribution in [0.15, 0.2) is 29.2 Å². The van der Waals surface area contributed by atoms with Crippen LogP contribution in [0.3, 0.4) is 0 Å². The molecule has 1 rings (SSSR count). The number of benzene rings is 1. The van der Waals surface area contributed by atoms with Gasteiger partial charge in [-0.15, -0.1) is 0 Å². The Morgan fingerprint density at radius 1 is 1.05 bits per heavy atom. The van der Waals surface area contributed by atoms with E-state index in [1.165, 1.54) is 12.1 Å². The van der Waals surface area contributed by atoms with E-state index >= 15 is 0 Å². The van der Waals surface area contributed by atoms with Crippen molar-refractivity contribution in [3.63, 3.8) is 0 Å². The summed E-state index contributed by atoms with van der Waals surface area (Å²) < 4.78 is 47.9. The van der Waals surface area contributed by atoms with Gasteiger partial charge in [0, 0.05) is 12.8 Å². The molecular formula is C12H19NO4S2. The van der Waals surface area contributed by atoms with Gasteiger partial charge in [0.25, 0.3) is 0 Å². The van der Waals surface area contributed by atoms with Gasteiger partial charge in [0.05, 0.1) is 10.6 Å². The first-order valence-electron chi connectivity index (χ1n) is 6.01. The summed E-state index contributed by atoms with van der Waals surface area (Å²) in [4.78, 5) is 0.266. The molecule has 1 aromatic rings. The number of rotatable bonds is 7. The zero-order chi connectivity index (χ0) is 14.5. The molecule has 0 radical (unpaired) electrons. The van der Waals surface area contributed by atoms with E-state index in [4.69, 9.17) is 0 Å². The van der Waals surface area contributed by atoms with Crippen molar-refractivity contribution in [3.05, 3.63) is 29.8 Å². The van der Waals surface area contributed by atoms with E-state index in [0.717, 1.165) is 11.8 Å². The van der Waals surface area contributed by atoms with Gasteiger partial charge in [0.1, 0.15) is 0 Å². The summed E-state index contributed by atoms with van der Waals surface area (Å²) in [5.74, 6) is 0.125. The second kappa shape index (κ2) is 6.49. The fraction of sp³-hybridized carbons (Fsp3) is 0.500. The van der Waals surface area contributed by atoms with Crippen molar-refractivity contribution in [2.75, 3.05) is 18.6 Å². The van der Waals surface area contributed by atoms with E-state index in [-0.39, 0.29) is 10.6 Å². The second-order valence-corrected chi connectivity index (χ2v) is 8.32. The van der Waals surface area contributed by atoms with Crippen molar-refractivity contribution in [2.24, 2.45) is 0 Å². The maximum Gasteiger partial charge on any atom is 0.211 e. The first-order valence-corrected chi connectivity index (χ1v) is 9.55. The fourth-order valence-electron chi connectivity index (χ4n) is 1.60. The van der Waals surface area contributed by atoms with Crippen LogP contribution in [0.1, 0.15) is 18.9 Å². The van der Waals surface area contributed by atoms with Crippen molar-refractivity contribution >= 4 is 19.9 Å². The lowest BCUT2D eigenvalue weighted by atomic mass is 10.2. The van der Waals surface area contributed by atoms with Crippen molar-refractivity contribution in [1.82, 2.24) is 4.72 Å². The standard InChI is InChI=1S/C12H19NO4S2/c1-3-10-19(16,17)13-9-8-11-4-6-12(7-5-11)18(2,14)15/h4-7,13H,3,8-10H2,1-2H3. The lowest BCUT2D eigenvalue weighted by molar-refractivity contribution is 0.580. The molecule has 0 fully saturated rings. The summed E-state index contributed by atoms with van der Waals surface area (Å²) >= 11 is 0. The van der Waals surface area contributed by atoms with E-state index in [1.807, 2.05) is 6.92 Å². The molecule has 1 aromatic carbocycles. The normalized spacial score (nSPS) is 12.5. The lowest BCUT2D eigenvalue weighted by Crippen LogP contribution is -2.28. The van der Waals surface area contributed by atoms with Gasteiger partial charge >= 0.3 is 0 Å². The summed E-state index contributed by atoms with van der Waals surface area (Å²) in [6.07, 6.45) is 2.27. The molecule has 7 heteroatoms. The van der Waals surface area contributed by atoms with E-state index in [2.05, 4.69) is 4.72 Å². The van der Waals surface area contributed by atoms with Crippen LogP contribution in [0.4, 0.5) is 0 Å². The molecular weight excluding hydrogens is 286 g/mol. The predicted octanol–water partition coefficient (Wildman–Crippen LogP) is 0.962. The number of hydrogen-bond donors (Lipinski definition) is 1. The van der Waals surface area contributed by atoms with Crippen LogP contribution in [0.25, 0.3) is 0 Å². The Morgan fingerprint density at radius 2 is 1.63 bits per heavy atom. The molecule has 0 atom stereocenters. The summed E-state index contributed by atoms with van der Waals surface area (Å²) in [5.41, 5.74) is 0.895. The molecule has 0 spiro atoms. The summed E-state index contributed by atoms with van der Waals surface area (Å²) in [6.45, 7) is 2.13. The molecule has 0 unspecified atom stereocenters. The third kappa shape index (κ3) is 5.71. The smallest absolute Gasteiger partial charge is 0.211 e. The van der Waals surface area contributed by atoms with Crippen LogP contribution < -0.4 is 4.72 Å². The van der Waals surface area contributed by atoms with E-state index in [0.29, 0.717) is 19.4 Å². The molecule has 108 valence electrons. The average molecular weight is 305 g/mol. The number of sulfonamides is 1. The SMILES string of the molecule is CCCS(=O)(=O)NCCc1ccc(S(C)(=O)=O)cc1. The van der Waals surface area contributed by atoms with Crippen molar-refractivity contribution in [3.8, 4) is 0 Å². The Kier molecular flexibility index (Phi) is 5.51. The Labute approximate surface area is 115 Å². The van der Waals surface area contributed by atoms with Gasteiger partial charge in [-0.3, -0.25) is 0 Å². The van der Waals surface area contributed by atoms with Gasteiger partial charge in [0.2, 0.25) is 10.0 Å². The van der Waals surface area contributed by atoms with E-state index < -0.39 is 19.9 Å². The zero-order valence-electron chi connectivity index (χ0n) is 11.1.